The number of carbonyl (C=O) groups excluding carboxylic acids is 1. The van der Waals surface area contributed by atoms with Gasteiger partial charge in [0.2, 0.25) is 0 Å². The molecule has 3 aromatic rings. The van der Waals surface area contributed by atoms with Crippen LogP contribution in [0.2, 0.25) is 5.02 Å². The van der Waals surface area contributed by atoms with Crippen molar-refractivity contribution in [2.45, 2.75) is 19.2 Å². The van der Waals surface area contributed by atoms with E-state index in [4.69, 9.17) is 11.6 Å². The van der Waals surface area contributed by atoms with Gasteiger partial charge in [-0.1, -0.05) is 23.7 Å². The van der Waals surface area contributed by atoms with Crippen molar-refractivity contribution in [3.63, 3.8) is 0 Å². The molecule has 0 aliphatic heterocycles. The molecule has 1 N–H and O–H groups in total. The number of sulfone groups is 1. The molecule has 0 radical (unpaired) electrons. The zero-order valence-electron chi connectivity index (χ0n) is 16.0. The van der Waals surface area contributed by atoms with Gasteiger partial charge in [0, 0.05) is 23.4 Å². The first-order chi connectivity index (χ1) is 13.7. The Balaban J connectivity index is 1.88. The molecule has 29 heavy (non-hydrogen) atoms. The van der Waals surface area contributed by atoms with E-state index in [1.165, 1.54) is 4.90 Å². The standard InChI is InChI=1S/C20H20ClN3O4S/c1-3-24(20(26)14-6-4-5-13(9-14)12-29(2,27)28)11-18-22-17-10-15(21)7-8-16(17)19(25)23-18/h4-10H,3,11-12H2,1-2H3,(H,22,23,25). The van der Waals surface area contributed by atoms with Crippen LogP contribution in [-0.2, 0) is 22.1 Å². The molecule has 1 aromatic heterocycles. The van der Waals surface area contributed by atoms with E-state index < -0.39 is 9.84 Å². The summed E-state index contributed by atoms with van der Waals surface area (Å²) in [7, 11) is -3.21. The highest BCUT2D eigenvalue weighted by Crippen LogP contribution is 2.16. The highest BCUT2D eigenvalue weighted by Gasteiger charge is 2.17. The lowest BCUT2D eigenvalue weighted by molar-refractivity contribution is 0.0748. The first-order valence-corrected chi connectivity index (χ1v) is 11.3. The van der Waals surface area contributed by atoms with Crippen LogP contribution in [-0.4, -0.2) is 42.0 Å². The Morgan fingerprint density at radius 2 is 1.97 bits per heavy atom. The Kier molecular flexibility index (Phi) is 6.04. The molecule has 0 aliphatic rings. The fraction of sp³-hybridized carbons (Fsp3) is 0.250. The third-order valence-electron chi connectivity index (χ3n) is 4.33. The molecule has 1 amide bonds. The van der Waals surface area contributed by atoms with Crippen molar-refractivity contribution in [3.05, 3.63) is 74.8 Å². The smallest absolute Gasteiger partial charge is 0.258 e. The number of aromatic amines is 1. The van der Waals surface area contributed by atoms with Crippen LogP contribution in [0.5, 0.6) is 0 Å². The lowest BCUT2D eigenvalue weighted by atomic mass is 10.1. The van der Waals surface area contributed by atoms with E-state index in [9.17, 15) is 18.0 Å². The predicted molar refractivity (Wildman–Crippen MR) is 113 cm³/mol. The monoisotopic (exact) mass is 433 g/mol. The van der Waals surface area contributed by atoms with E-state index in [1.54, 1.807) is 42.5 Å². The first-order valence-electron chi connectivity index (χ1n) is 8.90. The number of nitrogens with zero attached hydrogens (tertiary/aromatic N) is 2. The van der Waals surface area contributed by atoms with Crippen LogP contribution in [0.3, 0.4) is 0 Å². The molecule has 152 valence electrons. The van der Waals surface area contributed by atoms with E-state index >= 15 is 0 Å². The average molecular weight is 434 g/mol. The van der Waals surface area contributed by atoms with Gasteiger partial charge >= 0.3 is 0 Å². The topological polar surface area (TPSA) is 100 Å². The number of aromatic nitrogens is 2. The lowest BCUT2D eigenvalue weighted by Crippen LogP contribution is -2.32. The van der Waals surface area contributed by atoms with Gasteiger partial charge < -0.3 is 9.88 Å². The molecule has 2 aromatic carbocycles. The second kappa shape index (κ2) is 8.34. The Labute approximate surface area is 173 Å². The maximum absolute atomic E-state index is 12.9. The van der Waals surface area contributed by atoms with Crippen LogP contribution >= 0.6 is 11.6 Å². The minimum absolute atomic E-state index is 0.101. The van der Waals surface area contributed by atoms with Crippen LogP contribution in [0.4, 0.5) is 0 Å². The number of hydrogen-bond donors (Lipinski definition) is 1. The zero-order chi connectivity index (χ0) is 21.2. The summed E-state index contributed by atoms with van der Waals surface area (Å²) in [5.74, 6) is -0.0791. The number of fused-ring (bicyclic) bond motifs is 1. The lowest BCUT2D eigenvalue weighted by Gasteiger charge is -2.21. The summed E-state index contributed by atoms with van der Waals surface area (Å²) in [6.45, 7) is 2.30. The fourth-order valence-electron chi connectivity index (χ4n) is 3.02. The molecule has 0 saturated carbocycles. The minimum Gasteiger partial charge on any atom is -0.331 e. The van der Waals surface area contributed by atoms with Crippen LogP contribution in [0, 0.1) is 0 Å². The average Bonchev–Trinajstić information content (AvgIpc) is 2.64. The summed E-state index contributed by atoms with van der Waals surface area (Å²) in [5, 5.41) is 0.883. The number of nitrogens with one attached hydrogen (secondary N) is 1. The van der Waals surface area contributed by atoms with Crippen LogP contribution in [0.1, 0.15) is 28.7 Å². The van der Waals surface area contributed by atoms with E-state index in [0.29, 0.717) is 39.4 Å². The number of hydrogen-bond acceptors (Lipinski definition) is 5. The summed E-state index contributed by atoms with van der Waals surface area (Å²) in [6.07, 6.45) is 1.15. The summed E-state index contributed by atoms with van der Waals surface area (Å²) in [6, 6.07) is 11.3. The van der Waals surface area contributed by atoms with Crippen molar-refractivity contribution < 1.29 is 13.2 Å². The van der Waals surface area contributed by atoms with Crippen molar-refractivity contribution in [2.24, 2.45) is 0 Å². The number of benzene rings is 2. The van der Waals surface area contributed by atoms with Gasteiger partial charge in [-0.15, -0.1) is 0 Å². The van der Waals surface area contributed by atoms with E-state index in [2.05, 4.69) is 9.97 Å². The SMILES string of the molecule is CCN(Cc1nc2cc(Cl)ccc2c(=O)[nH]1)C(=O)c1cccc(CS(C)(=O)=O)c1. The van der Waals surface area contributed by atoms with Gasteiger partial charge in [0.25, 0.3) is 11.5 Å². The van der Waals surface area contributed by atoms with Gasteiger partial charge in [-0.2, -0.15) is 0 Å². The van der Waals surface area contributed by atoms with Gasteiger partial charge in [0.05, 0.1) is 23.2 Å². The van der Waals surface area contributed by atoms with Gasteiger partial charge in [-0.3, -0.25) is 9.59 Å². The van der Waals surface area contributed by atoms with Crippen LogP contribution in [0.25, 0.3) is 10.9 Å². The second-order valence-electron chi connectivity index (χ2n) is 6.76. The van der Waals surface area contributed by atoms with E-state index in [-0.39, 0.29) is 23.8 Å². The van der Waals surface area contributed by atoms with Crippen molar-refractivity contribution in [1.82, 2.24) is 14.9 Å². The maximum Gasteiger partial charge on any atom is 0.258 e. The molecule has 0 spiro atoms. The number of carbonyl (C=O) groups is 1. The Bertz CT molecular complexity index is 1240. The van der Waals surface area contributed by atoms with Crippen LogP contribution in [0.15, 0.2) is 47.3 Å². The number of H-pyrrole nitrogens is 1. The summed E-state index contributed by atoms with van der Waals surface area (Å²) >= 11 is 5.99. The fourth-order valence-corrected chi connectivity index (χ4v) is 3.97. The molecule has 7 nitrogen and oxygen atoms in total. The minimum atomic E-state index is -3.21. The third-order valence-corrected chi connectivity index (χ3v) is 5.42. The van der Waals surface area contributed by atoms with Crippen molar-refractivity contribution in [1.29, 1.82) is 0 Å². The van der Waals surface area contributed by atoms with Gasteiger partial charge in [-0.25, -0.2) is 13.4 Å². The maximum atomic E-state index is 12.9. The number of amides is 1. The quantitative estimate of drug-likeness (QED) is 0.644. The molecule has 0 saturated heterocycles. The third kappa shape index (κ3) is 5.21. The summed E-state index contributed by atoms with van der Waals surface area (Å²) < 4.78 is 23.1. The molecule has 3 rings (SSSR count). The molecular weight excluding hydrogens is 414 g/mol. The molecule has 0 atom stereocenters. The zero-order valence-corrected chi connectivity index (χ0v) is 17.5. The molecule has 0 unspecified atom stereocenters. The highest BCUT2D eigenvalue weighted by atomic mass is 35.5. The van der Waals surface area contributed by atoms with Crippen molar-refractivity contribution in [2.75, 3.05) is 12.8 Å². The normalized spacial score (nSPS) is 11.6. The van der Waals surface area contributed by atoms with E-state index in [0.717, 1.165) is 6.26 Å². The largest absolute Gasteiger partial charge is 0.331 e. The van der Waals surface area contributed by atoms with Gasteiger partial charge in [0.1, 0.15) is 5.82 Å². The predicted octanol–water partition coefficient (Wildman–Crippen LogP) is 2.78. The number of halogens is 1. The second-order valence-corrected chi connectivity index (χ2v) is 9.34. The highest BCUT2D eigenvalue weighted by molar-refractivity contribution is 7.89. The molecule has 1 heterocycles. The first kappa shape index (κ1) is 21.0. The Hall–Kier alpha value is -2.71. The summed E-state index contributed by atoms with van der Waals surface area (Å²) in [5.41, 5.74) is 1.07. The Morgan fingerprint density at radius 1 is 1.21 bits per heavy atom. The number of rotatable bonds is 6. The van der Waals surface area contributed by atoms with Crippen molar-refractivity contribution in [3.8, 4) is 0 Å². The molecular formula is C20H20ClN3O4S. The molecule has 0 aliphatic carbocycles. The van der Waals surface area contributed by atoms with Crippen molar-refractivity contribution >= 4 is 38.2 Å². The molecule has 0 fully saturated rings. The molecule has 0 bridgehead atoms. The van der Waals surface area contributed by atoms with Gasteiger partial charge in [0.15, 0.2) is 9.84 Å². The van der Waals surface area contributed by atoms with Gasteiger partial charge in [-0.05, 0) is 42.8 Å². The molecule has 9 heteroatoms. The van der Waals surface area contributed by atoms with E-state index in [1.807, 2.05) is 6.92 Å². The van der Waals surface area contributed by atoms with Crippen LogP contribution < -0.4 is 5.56 Å². The Morgan fingerprint density at radius 3 is 2.66 bits per heavy atom. The summed E-state index contributed by atoms with van der Waals surface area (Å²) in [4.78, 5) is 33.9.